The summed E-state index contributed by atoms with van der Waals surface area (Å²) in [5, 5.41) is 2.99. The Balaban J connectivity index is 1.26. The van der Waals surface area contributed by atoms with E-state index in [1.165, 1.54) is 6.42 Å². The fourth-order valence-electron chi connectivity index (χ4n) is 3.87. The molecule has 2 aromatic heterocycles. The summed E-state index contributed by atoms with van der Waals surface area (Å²) in [6, 6.07) is 11.1. The number of benzene rings is 1. The van der Waals surface area contributed by atoms with Crippen molar-refractivity contribution in [1.82, 2.24) is 19.4 Å². The molecule has 1 aliphatic heterocycles. The molecule has 0 aliphatic carbocycles. The smallest absolute Gasteiger partial charge is 0.238 e. The van der Waals surface area contributed by atoms with Crippen LogP contribution in [0.3, 0.4) is 0 Å². The first kappa shape index (κ1) is 20.1. The van der Waals surface area contributed by atoms with E-state index in [4.69, 9.17) is 4.74 Å². The van der Waals surface area contributed by atoms with Crippen LogP contribution in [0.4, 0.5) is 5.69 Å². The van der Waals surface area contributed by atoms with Gasteiger partial charge >= 0.3 is 0 Å². The number of nitrogens with one attached hydrogen (secondary N) is 1. The highest BCUT2D eigenvalue weighted by Gasteiger charge is 2.22. The lowest BCUT2D eigenvalue weighted by Crippen LogP contribution is -2.41. The number of ether oxygens (including phenoxy) is 1. The third-order valence-electron chi connectivity index (χ3n) is 5.36. The predicted molar refractivity (Wildman–Crippen MR) is 116 cm³/mol. The van der Waals surface area contributed by atoms with E-state index >= 15 is 0 Å². The van der Waals surface area contributed by atoms with E-state index in [0.29, 0.717) is 24.0 Å². The number of amides is 1. The molecule has 0 spiro atoms. The van der Waals surface area contributed by atoms with Crippen LogP contribution in [0.5, 0.6) is 11.5 Å². The molecule has 1 saturated heterocycles. The van der Waals surface area contributed by atoms with E-state index in [1.807, 2.05) is 55.7 Å². The van der Waals surface area contributed by atoms with Crippen LogP contribution >= 0.6 is 0 Å². The van der Waals surface area contributed by atoms with Crippen molar-refractivity contribution in [2.45, 2.75) is 26.3 Å². The van der Waals surface area contributed by atoms with Crippen molar-refractivity contribution >= 4 is 11.6 Å². The van der Waals surface area contributed by atoms with Crippen LogP contribution < -0.4 is 10.1 Å². The quantitative estimate of drug-likeness (QED) is 0.648. The predicted octanol–water partition coefficient (Wildman–Crippen LogP) is 3.73. The minimum absolute atomic E-state index is 0.00962. The van der Waals surface area contributed by atoms with E-state index in [2.05, 4.69) is 24.8 Å². The zero-order valence-corrected chi connectivity index (χ0v) is 17.2. The Labute approximate surface area is 176 Å². The summed E-state index contributed by atoms with van der Waals surface area (Å²) in [7, 11) is 0. The number of hydrogen-bond acceptors (Lipinski definition) is 5. The Morgan fingerprint density at radius 2 is 2.07 bits per heavy atom. The summed E-state index contributed by atoms with van der Waals surface area (Å²) >= 11 is 0. The van der Waals surface area contributed by atoms with Crippen LogP contribution in [0.25, 0.3) is 0 Å². The van der Waals surface area contributed by atoms with Gasteiger partial charge in [-0.3, -0.25) is 14.7 Å². The number of hydrogen-bond donors (Lipinski definition) is 1. The highest BCUT2D eigenvalue weighted by atomic mass is 16.5. The molecule has 7 nitrogen and oxygen atoms in total. The number of imidazole rings is 1. The average molecular weight is 406 g/mol. The molecular weight excluding hydrogens is 378 g/mol. The van der Waals surface area contributed by atoms with Gasteiger partial charge in [-0.05, 0) is 68.6 Å². The second-order valence-corrected chi connectivity index (χ2v) is 7.73. The summed E-state index contributed by atoms with van der Waals surface area (Å²) in [6.45, 7) is 5.30. The molecule has 1 fully saturated rings. The van der Waals surface area contributed by atoms with Gasteiger partial charge in [0.2, 0.25) is 5.91 Å². The number of anilines is 1. The fourth-order valence-corrected chi connectivity index (χ4v) is 3.87. The molecule has 1 aliphatic rings. The van der Waals surface area contributed by atoms with Crippen molar-refractivity contribution in [2.75, 3.05) is 25.0 Å². The van der Waals surface area contributed by atoms with Gasteiger partial charge in [0.25, 0.3) is 0 Å². The van der Waals surface area contributed by atoms with Gasteiger partial charge in [0.05, 0.1) is 12.7 Å². The second kappa shape index (κ2) is 9.54. The third kappa shape index (κ3) is 5.45. The maximum Gasteiger partial charge on any atom is 0.238 e. The summed E-state index contributed by atoms with van der Waals surface area (Å²) in [5.41, 5.74) is 0.765. The number of rotatable bonds is 7. The summed E-state index contributed by atoms with van der Waals surface area (Å²) < 4.78 is 7.93. The topological polar surface area (TPSA) is 72.3 Å². The molecule has 1 N–H and O–H groups in total. The first-order valence-electron chi connectivity index (χ1n) is 10.3. The minimum atomic E-state index is 0.00962. The molecule has 0 saturated carbocycles. The van der Waals surface area contributed by atoms with Crippen LogP contribution in [0.1, 0.15) is 18.7 Å². The zero-order chi connectivity index (χ0) is 20.8. The molecule has 1 aromatic carbocycles. The molecule has 3 heterocycles. The number of carbonyl (C=O) groups excluding carboxylic acids is 1. The number of nitrogens with zero attached hydrogens (tertiary/aromatic N) is 4. The van der Waals surface area contributed by atoms with Gasteiger partial charge in [0.1, 0.15) is 17.3 Å². The molecule has 7 heteroatoms. The molecule has 0 bridgehead atoms. The Morgan fingerprint density at radius 1 is 1.20 bits per heavy atom. The van der Waals surface area contributed by atoms with E-state index in [1.54, 1.807) is 12.4 Å². The van der Waals surface area contributed by atoms with E-state index < -0.39 is 0 Å². The molecule has 30 heavy (non-hydrogen) atoms. The Hall–Kier alpha value is -3.19. The highest BCUT2D eigenvalue weighted by molar-refractivity contribution is 5.92. The van der Waals surface area contributed by atoms with Gasteiger partial charge in [0, 0.05) is 37.4 Å². The van der Waals surface area contributed by atoms with Crippen molar-refractivity contribution in [3.8, 4) is 11.5 Å². The van der Waals surface area contributed by atoms with Crippen LogP contribution in [-0.4, -0.2) is 45.0 Å². The maximum absolute atomic E-state index is 12.5. The normalized spacial score (nSPS) is 16.9. The minimum Gasteiger partial charge on any atom is -0.456 e. The lowest BCUT2D eigenvalue weighted by Gasteiger charge is -2.32. The van der Waals surface area contributed by atoms with Crippen LogP contribution in [0.15, 0.2) is 61.2 Å². The Kier molecular flexibility index (Phi) is 6.39. The van der Waals surface area contributed by atoms with Gasteiger partial charge in [-0.25, -0.2) is 4.98 Å². The van der Waals surface area contributed by atoms with E-state index in [0.717, 1.165) is 37.6 Å². The van der Waals surface area contributed by atoms with Crippen molar-refractivity contribution in [2.24, 2.45) is 5.92 Å². The second-order valence-electron chi connectivity index (χ2n) is 7.73. The molecule has 0 unspecified atom stereocenters. The van der Waals surface area contributed by atoms with Crippen LogP contribution in [0, 0.1) is 12.8 Å². The van der Waals surface area contributed by atoms with Crippen molar-refractivity contribution in [3.63, 3.8) is 0 Å². The Bertz CT molecular complexity index is 955. The SMILES string of the molecule is Cc1nccn1C[C@H]1CCCN(CC(=O)Nc2ccc(Oc3cccnc3)cc2)C1. The fraction of sp³-hybridized carbons (Fsp3) is 0.348. The standard InChI is InChI=1S/C23H27N5O2/c1-18-25-11-13-28(18)16-19-4-3-12-27(15-19)17-23(29)26-20-6-8-21(9-7-20)30-22-5-2-10-24-14-22/h2,5-11,13-14,19H,3-4,12,15-17H2,1H3,(H,26,29)/t19-/m0/s1. The van der Waals surface area contributed by atoms with Crippen molar-refractivity contribution in [1.29, 1.82) is 0 Å². The van der Waals surface area contributed by atoms with Crippen LogP contribution in [-0.2, 0) is 11.3 Å². The number of aromatic nitrogens is 3. The molecule has 156 valence electrons. The van der Waals surface area contributed by atoms with E-state index in [9.17, 15) is 4.79 Å². The monoisotopic (exact) mass is 405 g/mol. The number of pyridine rings is 1. The molecule has 0 radical (unpaired) electrons. The van der Waals surface area contributed by atoms with Crippen LogP contribution in [0.2, 0.25) is 0 Å². The molecule has 1 atom stereocenters. The van der Waals surface area contributed by atoms with Gasteiger partial charge in [-0.2, -0.15) is 0 Å². The van der Waals surface area contributed by atoms with Gasteiger partial charge in [-0.1, -0.05) is 0 Å². The average Bonchev–Trinajstić information content (AvgIpc) is 3.15. The maximum atomic E-state index is 12.5. The van der Waals surface area contributed by atoms with Gasteiger partial charge in [0.15, 0.2) is 0 Å². The number of carbonyl (C=O) groups is 1. The van der Waals surface area contributed by atoms with Crippen molar-refractivity contribution in [3.05, 3.63) is 67.0 Å². The summed E-state index contributed by atoms with van der Waals surface area (Å²) in [5.74, 6) is 2.98. The summed E-state index contributed by atoms with van der Waals surface area (Å²) in [6.07, 6.45) is 9.55. The van der Waals surface area contributed by atoms with E-state index in [-0.39, 0.29) is 5.91 Å². The van der Waals surface area contributed by atoms with Gasteiger partial charge < -0.3 is 14.6 Å². The number of piperidine rings is 1. The lowest BCUT2D eigenvalue weighted by atomic mass is 9.98. The highest BCUT2D eigenvalue weighted by Crippen LogP contribution is 2.22. The largest absolute Gasteiger partial charge is 0.456 e. The number of aryl methyl sites for hydroxylation is 1. The molecule has 4 rings (SSSR count). The summed E-state index contributed by atoms with van der Waals surface area (Å²) in [4.78, 5) is 23.1. The third-order valence-corrected chi connectivity index (χ3v) is 5.36. The lowest BCUT2D eigenvalue weighted by molar-refractivity contribution is -0.117. The zero-order valence-electron chi connectivity index (χ0n) is 17.2. The Morgan fingerprint density at radius 3 is 2.80 bits per heavy atom. The first-order chi connectivity index (χ1) is 14.7. The molecule has 3 aromatic rings. The van der Waals surface area contributed by atoms with Gasteiger partial charge in [-0.15, -0.1) is 0 Å². The van der Waals surface area contributed by atoms with Crippen molar-refractivity contribution < 1.29 is 9.53 Å². The first-order valence-corrected chi connectivity index (χ1v) is 10.3. The molecule has 1 amide bonds. The molecular formula is C23H27N5O2. The number of likely N-dealkylation sites (tertiary alicyclic amines) is 1.